The van der Waals surface area contributed by atoms with Crippen LogP contribution in [0.3, 0.4) is 0 Å². The Kier molecular flexibility index (Phi) is 7.36. The van der Waals surface area contributed by atoms with E-state index in [0.29, 0.717) is 45.4 Å². The molecule has 0 spiro atoms. The van der Waals surface area contributed by atoms with Gasteiger partial charge in [0, 0.05) is 11.1 Å². The minimum absolute atomic E-state index is 0.125. The summed E-state index contributed by atoms with van der Waals surface area (Å²) in [4.78, 5) is 25.2. The Bertz CT molecular complexity index is 1120. The number of aliphatic hydroxyl groups is 1. The first-order valence-corrected chi connectivity index (χ1v) is 10.5. The summed E-state index contributed by atoms with van der Waals surface area (Å²) in [5, 5.41) is 13.2. The number of fused-ring (bicyclic) bond motifs is 1. The summed E-state index contributed by atoms with van der Waals surface area (Å²) in [7, 11) is 0. The van der Waals surface area contributed by atoms with Crippen molar-refractivity contribution >= 4 is 28.5 Å². The molecule has 0 aliphatic heterocycles. The first kappa shape index (κ1) is 22.8. The third-order valence-electron chi connectivity index (χ3n) is 4.88. The third-order valence-corrected chi connectivity index (χ3v) is 5.14. The van der Waals surface area contributed by atoms with E-state index in [9.17, 15) is 14.7 Å². The molecular weight excluding hydrogens is 418 g/mol. The highest BCUT2D eigenvalue weighted by Crippen LogP contribution is 2.27. The molecule has 3 aromatic rings. The van der Waals surface area contributed by atoms with E-state index in [1.54, 1.807) is 49.4 Å². The Hall–Kier alpha value is -2.83. The van der Waals surface area contributed by atoms with Gasteiger partial charge in [-0.3, -0.25) is 9.59 Å². The summed E-state index contributed by atoms with van der Waals surface area (Å²) in [6.45, 7) is 5.45. The van der Waals surface area contributed by atoms with Gasteiger partial charge in [-0.15, -0.1) is 0 Å². The van der Waals surface area contributed by atoms with Gasteiger partial charge in [-0.05, 0) is 49.1 Å². The molecule has 0 saturated carbocycles. The predicted octanol–water partition coefficient (Wildman–Crippen LogP) is 4.32. The van der Waals surface area contributed by atoms with Gasteiger partial charge in [0.2, 0.25) is 5.43 Å². The van der Waals surface area contributed by atoms with E-state index in [-0.39, 0.29) is 30.6 Å². The Labute approximate surface area is 185 Å². The molecule has 0 unspecified atom stereocenters. The number of halogens is 1. The molecule has 2 N–H and O–H groups in total. The fourth-order valence-electron chi connectivity index (χ4n) is 3.49. The Morgan fingerprint density at radius 1 is 1.19 bits per heavy atom. The molecule has 1 heterocycles. The maximum absolute atomic E-state index is 13.0. The fraction of sp³-hybridized carbons (Fsp3) is 0.333. The van der Waals surface area contributed by atoms with Crippen LogP contribution in [-0.4, -0.2) is 30.3 Å². The van der Waals surface area contributed by atoms with Crippen LogP contribution in [0.4, 0.5) is 0 Å². The van der Waals surface area contributed by atoms with E-state index >= 15 is 0 Å². The maximum atomic E-state index is 13.0. The minimum atomic E-state index is -0.324. The van der Waals surface area contributed by atoms with E-state index in [1.165, 1.54) is 0 Å². The van der Waals surface area contributed by atoms with E-state index in [0.717, 1.165) is 5.56 Å². The van der Waals surface area contributed by atoms with Crippen molar-refractivity contribution in [2.45, 2.75) is 33.2 Å². The first-order valence-electron chi connectivity index (χ1n) is 10.1. The highest BCUT2D eigenvalue weighted by Gasteiger charge is 2.16. The molecule has 0 saturated heterocycles. The van der Waals surface area contributed by atoms with Crippen LogP contribution < -0.4 is 15.5 Å². The van der Waals surface area contributed by atoms with E-state index < -0.39 is 0 Å². The Balaban J connectivity index is 1.77. The maximum Gasteiger partial charge on any atom is 0.258 e. The third kappa shape index (κ3) is 5.66. The van der Waals surface area contributed by atoms with Crippen LogP contribution in [0.1, 0.15) is 26.0 Å². The second-order valence-electron chi connectivity index (χ2n) is 7.89. The standard InChI is InChI=1S/C24H26ClNO5/c1-14(2)10-18(12-27)26-22(28)13-30-19-8-9-20-21(11-19)31-15(3)23(24(20)29)16-4-6-17(25)7-5-16/h4-9,11,14,18,27H,10,12-13H2,1-3H3,(H,26,28)/t18-/m0/s1. The number of rotatable bonds is 8. The van der Waals surface area contributed by atoms with Gasteiger partial charge >= 0.3 is 0 Å². The lowest BCUT2D eigenvalue weighted by atomic mass is 10.0. The number of carbonyl (C=O) groups is 1. The summed E-state index contributed by atoms with van der Waals surface area (Å²) in [5.41, 5.74) is 1.45. The SMILES string of the molecule is Cc1oc2cc(OCC(=O)N[C@H](CO)CC(C)C)ccc2c(=O)c1-c1ccc(Cl)cc1. The number of aliphatic hydroxyl groups excluding tert-OH is 1. The summed E-state index contributed by atoms with van der Waals surface area (Å²) >= 11 is 5.94. The summed E-state index contributed by atoms with van der Waals surface area (Å²) in [6.07, 6.45) is 0.679. The smallest absolute Gasteiger partial charge is 0.258 e. The zero-order valence-electron chi connectivity index (χ0n) is 17.8. The number of amides is 1. The summed E-state index contributed by atoms with van der Waals surface area (Å²) in [5.74, 6) is 0.918. The average Bonchev–Trinajstić information content (AvgIpc) is 2.72. The molecule has 0 aliphatic rings. The molecule has 0 radical (unpaired) electrons. The highest BCUT2D eigenvalue weighted by molar-refractivity contribution is 6.30. The highest BCUT2D eigenvalue weighted by atomic mass is 35.5. The van der Waals surface area contributed by atoms with E-state index in [4.69, 9.17) is 20.8 Å². The van der Waals surface area contributed by atoms with Crippen molar-refractivity contribution < 1.29 is 19.1 Å². The monoisotopic (exact) mass is 443 g/mol. The van der Waals surface area contributed by atoms with Crippen LogP contribution in [0.15, 0.2) is 51.7 Å². The van der Waals surface area contributed by atoms with Crippen molar-refractivity contribution in [3.8, 4) is 16.9 Å². The molecule has 31 heavy (non-hydrogen) atoms. The fourth-order valence-corrected chi connectivity index (χ4v) is 3.62. The molecule has 164 valence electrons. The van der Waals surface area contributed by atoms with Gasteiger partial charge < -0.3 is 19.6 Å². The molecule has 1 aromatic heterocycles. The van der Waals surface area contributed by atoms with Gasteiger partial charge in [0.05, 0.1) is 23.6 Å². The number of aryl methyl sites for hydroxylation is 1. The van der Waals surface area contributed by atoms with Crippen molar-refractivity contribution in [3.05, 3.63) is 63.5 Å². The topological polar surface area (TPSA) is 88.8 Å². The van der Waals surface area contributed by atoms with Gasteiger partial charge in [0.25, 0.3) is 5.91 Å². The second kappa shape index (κ2) is 9.98. The van der Waals surface area contributed by atoms with Gasteiger partial charge in [-0.25, -0.2) is 0 Å². The number of hydrogen-bond acceptors (Lipinski definition) is 5. The average molecular weight is 444 g/mol. The molecule has 0 fully saturated rings. The van der Waals surface area contributed by atoms with Gasteiger partial charge in [0.15, 0.2) is 6.61 Å². The van der Waals surface area contributed by atoms with Crippen LogP contribution in [0.5, 0.6) is 5.75 Å². The quantitative estimate of drug-likeness (QED) is 0.541. The number of ether oxygens (including phenoxy) is 1. The van der Waals surface area contributed by atoms with Gasteiger partial charge in [-0.1, -0.05) is 37.6 Å². The van der Waals surface area contributed by atoms with E-state index in [2.05, 4.69) is 5.32 Å². The van der Waals surface area contributed by atoms with Crippen molar-refractivity contribution in [2.75, 3.05) is 13.2 Å². The zero-order valence-corrected chi connectivity index (χ0v) is 18.5. The molecule has 3 rings (SSSR count). The molecule has 0 bridgehead atoms. The lowest BCUT2D eigenvalue weighted by Gasteiger charge is -2.18. The van der Waals surface area contributed by atoms with E-state index in [1.807, 2.05) is 13.8 Å². The zero-order chi connectivity index (χ0) is 22.5. The minimum Gasteiger partial charge on any atom is -0.484 e. The predicted molar refractivity (Wildman–Crippen MR) is 122 cm³/mol. The molecule has 1 atom stereocenters. The lowest BCUT2D eigenvalue weighted by molar-refractivity contribution is -0.124. The van der Waals surface area contributed by atoms with Crippen molar-refractivity contribution in [1.29, 1.82) is 0 Å². The molecular formula is C24H26ClNO5. The van der Waals surface area contributed by atoms with Crippen molar-refractivity contribution in [1.82, 2.24) is 5.32 Å². The van der Waals surface area contributed by atoms with Crippen molar-refractivity contribution in [2.24, 2.45) is 5.92 Å². The largest absolute Gasteiger partial charge is 0.484 e. The van der Waals surface area contributed by atoms with Gasteiger partial charge in [0.1, 0.15) is 17.1 Å². The molecule has 6 nitrogen and oxygen atoms in total. The Morgan fingerprint density at radius 3 is 2.55 bits per heavy atom. The molecule has 2 aromatic carbocycles. The summed E-state index contributed by atoms with van der Waals surface area (Å²) in [6, 6.07) is 11.6. The van der Waals surface area contributed by atoms with Crippen LogP contribution in [-0.2, 0) is 4.79 Å². The molecule has 1 amide bonds. The van der Waals surface area contributed by atoms with Crippen LogP contribution in [0, 0.1) is 12.8 Å². The number of hydrogen-bond donors (Lipinski definition) is 2. The normalized spacial score (nSPS) is 12.2. The number of benzene rings is 2. The second-order valence-corrected chi connectivity index (χ2v) is 8.33. The first-order chi connectivity index (χ1) is 14.8. The molecule has 7 heteroatoms. The van der Waals surface area contributed by atoms with Crippen LogP contribution in [0.25, 0.3) is 22.1 Å². The lowest BCUT2D eigenvalue weighted by Crippen LogP contribution is -2.40. The summed E-state index contributed by atoms with van der Waals surface area (Å²) < 4.78 is 11.4. The van der Waals surface area contributed by atoms with Crippen LogP contribution >= 0.6 is 11.6 Å². The van der Waals surface area contributed by atoms with Crippen LogP contribution in [0.2, 0.25) is 5.02 Å². The van der Waals surface area contributed by atoms with Gasteiger partial charge in [-0.2, -0.15) is 0 Å². The number of carbonyl (C=O) groups excluding carboxylic acids is 1. The number of nitrogens with one attached hydrogen (secondary N) is 1. The van der Waals surface area contributed by atoms with Crippen molar-refractivity contribution in [3.63, 3.8) is 0 Å². The molecule has 0 aliphatic carbocycles. The Morgan fingerprint density at radius 2 is 1.90 bits per heavy atom.